The lowest BCUT2D eigenvalue weighted by Crippen LogP contribution is -2.32. The Hall–Kier alpha value is -5.16. The molecule has 0 radical (unpaired) electrons. The Bertz CT molecular complexity index is 1800. The summed E-state index contributed by atoms with van der Waals surface area (Å²) in [5.74, 6) is 1.69. The van der Waals surface area contributed by atoms with Gasteiger partial charge in [0.2, 0.25) is 5.95 Å². The lowest BCUT2D eigenvalue weighted by Gasteiger charge is -2.36. The van der Waals surface area contributed by atoms with E-state index in [0.717, 1.165) is 33.9 Å². The minimum atomic E-state index is -0.235. The third kappa shape index (κ3) is 5.54. The summed E-state index contributed by atoms with van der Waals surface area (Å²) in [5, 5.41) is 0. The number of rotatable bonds is 9. The first kappa shape index (κ1) is 28.0. The molecular weight excluding hydrogens is 564 g/mol. The first-order chi connectivity index (χ1) is 21.0. The molecule has 6 rings (SSSR count). The van der Waals surface area contributed by atoms with Crippen molar-refractivity contribution in [3.8, 4) is 22.1 Å². The number of carbonyl (C=O) groups is 1. The van der Waals surface area contributed by atoms with E-state index in [0.29, 0.717) is 35.6 Å². The van der Waals surface area contributed by atoms with Crippen molar-refractivity contribution in [3.05, 3.63) is 112 Å². The van der Waals surface area contributed by atoms with Crippen molar-refractivity contribution in [2.45, 2.75) is 18.9 Å². The van der Waals surface area contributed by atoms with Crippen LogP contribution in [0.15, 0.2) is 83.2 Å². The predicted octanol–water partition coefficient (Wildman–Crippen LogP) is 5.31. The van der Waals surface area contributed by atoms with E-state index in [9.17, 15) is 4.79 Å². The molecular formula is C32H30N6O4S. The third-order valence-corrected chi connectivity index (χ3v) is 8.31. The Kier molecular flexibility index (Phi) is 7.80. The highest BCUT2D eigenvalue weighted by atomic mass is 32.1. The maximum absolute atomic E-state index is 13.8. The van der Waals surface area contributed by atoms with Gasteiger partial charge in [-0.3, -0.25) is 4.79 Å². The summed E-state index contributed by atoms with van der Waals surface area (Å²) >= 11 is 1.53. The van der Waals surface area contributed by atoms with Gasteiger partial charge in [-0.2, -0.15) is 4.98 Å². The Morgan fingerprint density at radius 1 is 1.14 bits per heavy atom. The molecule has 0 saturated heterocycles. The van der Waals surface area contributed by atoms with Crippen LogP contribution in [0.5, 0.6) is 11.5 Å². The van der Waals surface area contributed by atoms with E-state index >= 15 is 0 Å². The van der Waals surface area contributed by atoms with Crippen LogP contribution in [0.3, 0.4) is 0 Å². The number of hydrogen-bond donors (Lipinski definition) is 2. The zero-order chi connectivity index (χ0) is 29.9. The maximum atomic E-state index is 13.8. The molecule has 43 heavy (non-hydrogen) atoms. The Morgan fingerprint density at radius 2 is 2.00 bits per heavy atom. The minimum Gasteiger partial charge on any atom is -0.493 e. The van der Waals surface area contributed by atoms with Crippen LogP contribution in [0.1, 0.15) is 44.3 Å². The van der Waals surface area contributed by atoms with E-state index in [1.807, 2.05) is 36.0 Å². The lowest BCUT2D eigenvalue weighted by molar-refractivity contribution is 0.104. The number of nitrogens with two attached hydrogens (primary N) is 2. The molecule has 5 aromatic rings. The van der Waals surface area contributed by atoms with Gasteiger partial charge in [0.1, 0.15) is 11.6 Å². The van der Waals surface area contributed by atoms with Crippen LogP contribution in [0, 0.1) is 0 Å². The van der Waals surface area contributed by atoms with Gasteiger partial charge in [0.25, 0.3) is 0 Å². The molecule has 1 aliphatic rings. The fraction of sp³-hybridized carbons (Fsp3) is 0.188. The maximum Gasteiger partial charge on any atom is 0.221 e. The van der Waals surface area contributed by atoms with Gasteiger partial charge in [-0.15, -0.1) is 11.3 Å². The molecule has 1 atom stereocenters. The van der Waals surface area contributed by atoms with Gasteiger partial charge in [-0.05, 0) is 47.4 Å². The molecule has 1 unspecified atom stereocenters. The van der Waals surface area contributed by atoms with Crippen LogP contribution in [0.4, 0.5) is 11.8 Å². The van der Waals surface area contributed by atoms with Crippen LogP contribution in [-0.2, 0) is 12.8 Å². The highest BCUT2D eigenvalue weighted by molar-refractivity contribution is 7.13. The predicted molar refractivity (Wildman–Crippen MR) is 165 cm³/mol. The normalized spacial score (nSPS) is 14.6. The number of ketones is 1. The lowest BCUT2D eigenvalue weighted by atomic mass is 9.90. The molecule has 0 amide bonds. The van der Waals surface area contributed by atoms with Crippen molar-refractivity contribution in [3.63, 3.8) is 0 Å². The summed E-state index contributed by atoms with van der Waals surface area (Å²) in [7, 11) is 3.05. The van der Waals surface area contributed by atoms with Crippen molar-refractivity contribution >= 4 is 28.9 Å². The van der Waals surface area contributed by atoms with Crippen molar-refractivity contribution in [2.24, 2.45) is 0 Å². The second kappa shape index (κ2) is 12.0. The number of methoxy groups -OCH3 is 2. The number of benzene rings is 2. The van der Waals surface area contributed by atoms with Gasteiger partial charge >= 0.3 is 0 Å². The fourth-order valence-electron chi connectivity index (χ4n) is 5.44. The Labute approximate surface area is 252 Å². The molecule has 0 spiro atoms. The highest BCUT2D eigenvalue weighted by Crippen LogP contribution is 2.41. The molecule has 10 nitrogen and oxygen atoms in total. The van der Waals surface area contributed by atoms with E-state index in [4.69, 9.17) is 30.3 Å². The second-order valence-electron chi connectivity index (χ2n) is 10.0. The first-order valence-corrected chi connectivity index (χ1v) is 14.5. The van der Waals surface area contributed by atoms with Gasteiger partial charge in [0.05, 0.1) is 48.2 Å². The van der Waals surface area contributed by atoms with E-state index in [1.54, 1.807) is 24.6 Å². The summed E-state index contributed by atoms with van der Waals surface area (Å²) in [6.07, 6.45) is 7.87. The monoisotopic (exact) mass is 594 g/mol. The quantitative estimate of drug-likeness (QED) is 0.170. The summed E-state index contributed by atoms with van der Waals surface area (Å²) in [6.45, 7) is 0.706. The van der Waals surface area contributed by atoms with E-state index in [1.165, 1.54) is 31.1 Å². The molecule has 0 saturated carbocycles. The number of allylic oxidation sites excluding steroid dienone is 1. The Balaban J connectivity index is 1.35. The molecule has 218 valence electrons. The van der Waals surface area contributed by atoms with Gasteiger partial charge in [-0.1, -0.05) is 24.3 Å². The van der Waals surface area contributed by atoms with Crippen LogP contribution in [-0.4, -0.2) is 46.4 Å². The largest absolute Gasteiger partial charge is 0.493 e. The smallest absolute Gasteiger partial charge is 0.221 e. The molecule has 2 aromatic carbocycles. The summed E-state index contributed by atoms with van der Waals surface area (Å²) in [5.41, 5.74) is 18.7. The number of anilines is 2. The molecule has 11 heteroatoms. The molecule has 1 aliphatic heterocycles. The fourth-order valence-corrected chi connectivity index (χ4v) is 6.23. The van der Waals surface area contributed by atoms with Gasteiger partial charge in [0, 0.05) is 37.0 Å². The highest BCUT2D eigenvalue weighted by Gasteiger charge is 2.31. The number of ether oxygens (including phenoxy) is 2. The second-order valence-corrected chi connectivity index (χ2v) is 10.9. The number of carbonyl (C=O) groups excluding carboxylic acids is 1. The number of nitrogens with zero attached hydrogens (tertiary/aromatic N) is 4. The summed E-state index contributed by atoms with van der Waals surface area (Å²) in [6, 6.07) is 15.6. The van der Waals surface area contributed by atoms with Gasteiger partial charge in [-0.25, -0.2) is 9.97 Å². The average Bonchev–Trinajstić information content (AvgIpc) is 3.73. The summed E-state index contributed by atoms with van der Waals surface area (Å²) < 4.78 is 17.0. The molecule has 0 aliphatic carbocycles. The van der Waals surface area contributed by atoms with E-state index in [2.05, 4.69) is 33.1 Å². The van der Waals surface area contributed by atoms with E-state index < -0.39 is 0 Å². The van der Waals surface area contributed by atoms with Crippen molar-refractivity contribution in [1.82, 2.24) is 19.9 Å². The first-order valence-electron chi connectivity index (χ1n) is 13.6. The summed E-state index contributed by atoms with van der Waals surface area (Å²) in [4.78, 5) is 29.8. The van der Waals surface area contributed by atoms with Crippen molar-refractivity contribution in [2.75, 3.05) is 32.2 Å². The number of fused-ring (bicyclic) bond motifs is 1. The SMILES string of the molecule is COc1cc(Cc2cnc(N)nc2N)cc(C(=O)/C=C/N2CCc3ccccc3C2c2ncsc2-c2ccco2)c1OC. The third-order valence-electron chi connectivity index (χ3n) is 7.45. The number of furan rings is 1. The molecule has 0 bridgehead atoms. The van der Waals surface area contributed by atoms with Crippen LogP contribution < -0.4 is 20.9 Å². The number of hydrogen-bond acceptors (Lipinski definition) is 11. The number of nitrogen functional groups attached to an aromatic ring is 2. The Morgan fingerprint density at radius 3 is 2.77 bits per heavy atom. The zero-order valence-electron chi connectivity index (χ0n) is 23.7. The zero-order valence-corrected chi connectivity index (χ0v) is 24.5. The van der Waals surface area contributed by atoms with Crippen LogP contribution in [0.2, 0.25) is 0 Å². The average molecular weight is 595 g/mol. The van der Waals surface area contributed by atoms with Gasteiger partial charge < -0.3 is 30.3 Å². The van der Waals surface area contributed by atoms with Crippen LogP contribution >= 0.6 is 11.3 Å². The molecule has 4 heterocycles. The number of aromatic nitrogens is 3. The molecule has 0 fully saturated rings. The standard InChI is InChI=1S/C32H30N6O4S/c1-40-26-16-19(14-21-17-35-32(34)37-31(21)33)15-23(29(26)41-2)24(39)10-12-38-11-9-20-6-3-4-7-22(20)28(38)27-30(43-18-36-27)25-8-5-13-42-25/h3-8,10,12-13,15-18,28H,9,11,14H2,1-2H3,(H4,33,34,35,37)/b12-10+. The van der Waals surface area contributed by atoms with Crippen molar-refractivity contribution < 1.29 is 18.7 Å². The molecule has 3 aromatic heterocycles. The minimum absolute atomic E-state index is 0.0992. The van der Waals surface area contributed by atoms with Gasteiger partial charge in [0.15, 0.2) is 17.3 Å². The number of thiazole rings is 1. The van der Waals surface area contributed by atoms with Crippen molar-refractivity contribution in [1.29, 1.82) is 0 Å². The molecule has 4 N–H and O–H groups in total. The van der Waals surface area contributed by atoms with Crippen LogP contribution in [0.25, 0.3) is 10.6 Å². The van der Waals surface area contributed by atoms with E-state index in [-0.39, 0.29) is 23.6 Å². The topological polar surface area (TPSA) is 143 Å².